The summed E-state index contributed by atoms with van der Waals surface area (Å²) in [7, 11) is -2.33. The van der Waals surface area contributed by atoms with Crippen LogP contribution in [0.15, 0.2) is 66.1 Å². The van der Waals surface area contributed by atoms with Crippen molar-refractivity contribution in [2.45, 2.75) is 49.1 Å². The zero-order valence-electron chi connectivity index (χ0n) is 19.7. The van der Waals surface area contributed by atoms with Gasteiger partial charge in [0.2, 0.25) is 10.0 Å². The Bertz CT molecular complexity index is 1280. The number of nitrogens with zero attached hydrogens (tertiary/aromatic N) is 2. The summed E-state index contributed by atoms with van der Waals surface area (Å²) < 4.78 is 47.6. The highest BCUT2D eigenvalue weighted by Gasteiger charge is 2.42. The number of halogens is 1. The summed E-state index contributed by atoms with van der Waals surface area (Å²) >= 11 is 0. The molecule has 10 heteroatoms. The van der Waals surface area contributed by atoms with Crippen LogP contribution in [-0.4, -0.2) is 43.1 Å². The number of anilines is 1. The number of rotatable bonds is 10. The van der Waals surface area contributed by atoms with Gasteiger partial charge in [-0.25, -0.2) is 22.5 Å². The minimum atomic E-state index is -3.72. The molecule has 3 aromatic rings. The van der Waals surface area contributed by atoms with E-state index in [-0.39, 0.29) is 28.9 Å². The maximum absolute atomic E-state index is 13.1. The van der Waals surface area contributed by atoms with Crippen molar-refractivity contribution in [1.29, 1.82) is 0 Å². The highest BCUT2D eigenvalue weighted by Crippen LogP contribution is 2.46. The van der Waals surface area contributed by atoms with E-state index >= 15 is 0 Å². The Morgan fingerprint density at radius 3 is 2.71 bits per heavy atom. The van der Waals surface area contributed by atoms with E-state index in [1.165, 1.54) is 19.2 Å². The summed E-state index contributed by atoms with van der Waals surface area (Å²) in [5, 5.41) is 3.60. The molecule has 0 fully saturated rings. The van der Waals surface area contributed by atoms with Crippen molar-refractivity contribution < 1.29 is 22.3 Å². The second kappa shape index (κ2) is 10.2. The van der Waals surface area contributed by atoms with Gasteiger partial charge in [-0.2, -0.15) is 0 Å². The molecule has 2 aromatic carbocycles. The molecule has 35 heavy (non-hydrogen) atoms. The molecule has 0 aliphatic carbocycles. The molecular formula is C25H29FN4O4S. The fraction of sp³-hybridized carbons (Fsp3) is 0.360. The molecule has 8 nitrogen and oxygen atoms in total. The van der Waals surface area contributed by atoms with Crippen LogP contribution >= 0.6 is 0 Å². The van der Waals surface area contributed by atoms with Crippen LogP contribution in [0.25, 0.3) is 0 Å². The predicted octanol–water partition coefficient (Wildman–Crippen LogP) is 3.46. The molecule has 0 saturated heterocycles. The van der Waals surface area contributed by atoms with Crippen LogP contribution in [0.2, 0.25) is 0 Å². The lowest BCUT2D eigenvalue weighted by molar-refractivity contribution is -0.141. The van der Waals surface area contributed by atoms with Crippen molar-refractivity contribution >= 4 is 21.7 Å². The molecule has 1 aliphatic rings. The third-order valence-electron chi connectivity index (χ3n) is 6.54. The molecule has 0 spiro atoms. The van der Waals surface area contributed by atoms with E-state index in [2.05, 4.69) is 28.0 Å². The number of methoxy groups -OCH3 is 1. The number of imidazole rings is 1. The van der Waals surface area contributed by atoms with E-state index in [1.807, 2.05) is 22.9 Å². The fourth-order valence-electron chi connectivity index (χ4n) is 4.54. The van der Waals surface area contributed by atoms with Gasteiger partial charge in [0.15, 0.2) is 0 Å². The number of carbonyl (C=O) groups is 1. The minimum Gasteiger partial charge on any atom is -0.469 e. The number of sulfonamides is 1. The number of benzene rings is 2. The number of ether oxygens (including phenoxy) is 1. The van der Waals surface area contributed by atoms with Gasteiger partial charge in [0.25, 0.3) is 0 Å². The molecule has 2 atom stereocenters. The summed E-state index contributed by atoms with van der Waals surface area (Å²) in [6.07, 6.45) is 6.80. The van der Waals surface area contributed by atoms with Crippen LogP contribution in [0.3, 0.4) is 0 Å². The van der Waals surface area contributed by atoms with E-state index in [0.29, 0.717) is 25.8 Å². The first-order valence-electron chi connectivity index (χ1n) is 11.4. The normalized spacial score (nSPS) is 19.2. The average Bonchev–Trinajstić information content (AvgIpc) is 3.44. The number of hydrogen-bond donors (Lipinski definition) is 2. The highest BCUT2D eigenvalue weighted by atomic mass is 32.2. The van der Waals surface area contributed by atoms with Gasteiger partial charge in [-0.1, -0.05) is 12.1 Å². The quantitative estimate of drug-likeness (QED) is 0.414. The van der Waals surface area contributed by atoms with E-state index in [1.54, 1.807) is 12.5 Å². The van der Waals surface area contributed by atoms with Gasteiger partial charge in [0, 0.05) is 49.0 Å². The van der Waals surface area contributed by atoms with Crippen LogP contribution in [0.4, 0.5) is 10.1 Å². The van der Waals surface area contributed by atoms with Gasteiger partial charge in [0.05, 0.1) is 18.3 Å². The van der Waals surface area contributed by atoms with Crippen molar-refractivity contribution in [2.75, 3.05) is 19.0 Å². The first kappa shape index (κ1) is 24.9. The summed E-state index contributed by atoms with van der Waals surface area (Å²) in [5.41, 5.74) is 2.73. The number of esters is 1. The number of hydrogen-bond acceptors (Lipinski definition) is 6. The van der Waals surface area contributed by atoms with Gasteiger partial charge in [-0.3, -0.25) is 4.79 Å². The molecule has 2 N–H and O–H groups in total. The number of fused-ring (bicyclic) bond motifs is 1. The molecule has 0 radical (unpaired) electrons. The number of aromatic nitrogens is 2. The maximum Gasteiger partial charge on any atom is 0.305 e. The molecule has 1 aromatic heterocycles. The summed E-state index contributed by atoms with van der Waals surface area (Å²) in [5.74, 6) is -0.675. The lowest BCUT2D eigenvalue weighted by Gasteiger charge is -2.32. The van der Waals surface area contributed by atoms with Crippen molar-refractivity contribution in [3.05, 3.63) is 78.1 Å². The molecular weight excluding hydrogens is 471 g/mol. The van der Waals surface area contributed by atoms with E-state index < -0.39 is 15.8 Å². The number of nitrogens with one attached hydrogen (secondary N) is 2. The maximum atomic E-state index is 13.1. The molecule has 186 valence electrons. The van der Waals surface area contributed by atoms with E-state index in [0.717, 1.165) is 28.9 Å². The molecule has 1 aliphatic heterocycles. The fourth-order valence-corrected chi connectivity index (χ4v) is 5.57. The first-order chi connectivity index (χ1) is 16.7. The Balaban J connectivity index is 1.49. The Hall–Kier alpha value is -3.24. The lowest BCUT2D eigenvalue weighted by Crippen LogP contribution is -2.38. The second-order valence-electron chi connectivity index (χ2n) is 8.95. The van der Waals surface area contributed by atoms with Gasteiger partial charge in [-0.15, -0.1) is 0 Å². The van der Waals surface area contributed by atoms with E-state index in [4.69, 9.17) is 4.74 Å². The average molecular weight is 501 g/mol. The molecule has 2 unspecified atom stereocenters. The smallest absolute Gasteiger partial charge is 0.305 e. The Kier molecular flexibility index (Phi) is 7.23. The lowest BCUT2D eigenvalue weighted by atomic mass is 9.80. The molecule has 2 heterocycles. The van der Waals surface area contributed by atoms with Crippen LogP contribution in [0.5, 0.6) is 0 Å². The first-order valence-corrected chi connectivity index (χ1v) is 12.9. The summed E-state index contributed by atoms with van der Waals surface area (Å²) in [4.78, 5) is 16.0. The van der Waals surface area contributed by atoms with Crippen molar-refractivity contribution in [3.8, 4) is 0 Å². The molecule has 0 amide bonds. The highest BCUT2D eigenvalue weighted by molar-refractivity contribution is 7.89. The summed E-state index contributed by atoms with van der Waals surface area (Å²) in [6, 6.07) is 10.8. The molecule has 0 saturated carbocycles. The van der Waals surface area contributed by atoms with Crippen LogP contribution in [-0.2, 0) is 32.5 Å². The van der Waals surface area contributed by atoms with Crippen LogP contribution in [0, 0.1) is 5.82 Å². The Morgan fingerprint density at radius 2 is 2.03 bits per heavy atom. The zero-order valence-corrected chi connectivity index (χ0v) is 20.5. The van der Waals surface area contributed by atoms with Crippen LogP contribution in [0.1, 0.15) is 36.8 Å². The summed E-state index contributed by atoms with van der Waals surface area (Å²) in [6.45, 7) is 2.99. The minimum absolute atomic E-state index is 0.0267. The van der Waals surface area contributed by atoms with Gasteiger partial charge < -0.3 is 14.6 Å². The third-order valence-corrected chi connectivity index (χ3v) is 8.02. The second-order valence-corrected chi connectivity index (χ2v) is 10.7. The Labute approximate surface area is 204 Å². The topological polar surface area (TPSA) is 102 Å². The standard InChI is InChI=1S/C25H29FN4O4S/c1-25(11-9-24(31)34-2)22(16-30-14-13-27-17-30)21-15-18(3-8-23(21)29-25)10-12-28-35(32,33)20-6-4-19(26)5-7-20/h3-8,13-15,17,22,28-29H,9-12,16H2,1-2H3. The van der Waals surface area contributed by atoms with Gasteiger partial charge in [-0.05, 0) is 61.2 Å². The van der Waals surface area contributed by atoms with Gasteiger partial charge in [0.1, 0.15) is 5.82 Å². The third kappa shape index (κ3) is 5.71. The van der Waals surface area contributed by atoms with Crippen molar-refractivity contribution in [3.63, 3.8) is 0 Å². The van der Waals surface area contributed by atoms with Crippen LogP contribution < -0.4 is 10.0 Å². The SMILES string of the molecule is COC(=O)CCC1(C)Nc2ccc(CCNS(=O)(=O)c3ccc(F)cc3)cc2C1Cn1ccnc1. The monoisotopic (exact) mass is 500 g/mol. The van der Waals surface area contributed by atoms with E-state index in [9.17, 15) is 17.6 Å². The predicted molar refractivity (Wildman–Crippen MR) is 130 cm³/mol. The van der Waals surface area contributed by atoms with Crippen molar-refractivity contribution in [1.82, 2.24) is 14.3 Å². The largest absolute Gasteiger partial charge is 0.469 e. The zero-order chi connectivity index (χ0) is 25.1. The van der Waals surface area contributed by atoms with Crippen molar-refractivity contribution in [2.24, 2.45) is 0 Å². The Morgan fingerprint density at radius 1 is 1.26 bits per heavy atom. The molecule has 0 bridgehead atoms. The molecule has 4 rings (SSSR count). The van der Waals surface area contributed by atoms with Gasteiger partial charge >= 0.3 is 5.97 Å². The number of carbonyl (C=O) groups excluding carboxylic acids is 1.